The maximum atomic E-state index is 11.7. The molecule has 0 aromatic carbocycles. The van der Waals surface area contributed by atoms with E-state index in [1.165, 1.54) is 0 Å². The van der Waals surface area contributed by atoms with E-state index in [2.05, 4.69) is 5.32 Å². The fourth-order valence-corrected chi connectivity index (χ4v) is 1.70. The summed E-state index contributed by atoms with van der Waals surface area (Å²) in [4.78, 5) is 22.6. The standard InChI is InChI=1S/C10H15NO5/c12-9(7-5-15-3-4-16-7)11-8(10(13)14)6-1-2-6/h6-8H,1-5H2,(H,11,12)(H,13,14). The van der Waals surface area contributed by atoms with Crippen LogP contribution < -0.4 is 5.32 Å². The number of hydrogen-bond donors (Lipinski definition) is 2. The van der Waals surface area contributed by atoms with Gasteiger partial charge in [0.2, 0.25) is 0 Å². The molecular weight excluding hydrogens is 214 g/mol. The van der Waals surface area contributed by atoms with Gasteiger partial charge in [-0.2, -0.15) is 0 Å². The second-order valence-corrected chi connectivity index (χ2v) is 4.10. The van der Waals surface area contributed by atoms with Crippen LogP contribution in [0.15, 0.2) is 0 Å². The van der Waals surface area contributed by atoms with Crippen molar-refractivity contribution in [1.82, 2.24) is 5.32 Å². The minimum absolute atomic E-state index is 0.0750. The minimum atomic E-state index is -0.979. The van der Waals surface area contributed by atoms with Gasteiger partial charge in [0.1, 0.15) is 6.04 Å². The number of amides is 1. The van der Waals surface area contributed by atoms with Gasteiger partial charge in [-0.1, -0.05) is 0 Å². The molecule has 90 valence electrons. The highest BCUT2D eigenvalue weighted by Gasteiger charge is 2.38. The van der Waals surface area contributed by atoms with Gasteiger partial charge in [-0.3, -0.25) is 4.79 Å². The predicted octanol–water partition coefficient (Wildman–Crippen LogP) is -0.619. The highest BCUT2D eigenvalue weighted by Crippen LogP contribution is 2.32. The fourth-order valence-electron chi connectivity index (χ4n) is 1.70. The molecule has 6 nitrogen and oxygen atoms in total. The molecule has 1 saturated heterocycles. The van der Waals surface area contributed by atoms with Crippen molar-refractivity contribution in [2.24, 2.45) is 5.92 Å². The molecule has 1 heterocycles. The topological polar surface area (TPSA) is 84.9 Å². The van der Waals surface area contributed by atoms with Crippen LogP contribution >= 0.6 is 0 Å². The molecule has 0 aromatic heterocycles. The van der Waals surface area contributed by atoms with Crippen molar-refractivity contribution >= 4 is 11.9 Å². The minimum Gasteiger partial charge on any atom is -0.480 e. The summed E-state index contributed by atoms with van der Waals surface area (Å²) in [5.74, 6) is -1.29. The summed E-state index contributed by atoms with van der Waals surface area (Å²) in [6, 6.07) is -0.780. The van der Waals surface area contributed by atoms with Crippen LogP contribution in [0.5, 0.6) is 0 Å². The van der Waals surface area contributed by atoms with Gasteiger partial charge in [-0.25, -0.2) is 4.79 Å². The number of carbonyl (C=O) groups excluding carboxylic acids is 1. The Morgan fingerprint density at radius 1 is 1.31 bits per heavy atom. The molecule has 2 unspecified atom stereocenters. The molecular formula is C10H15NO5. The number of carbonyl (C=O) groups is 2. The summed E-state index contributed by atoms with van der Waals surface area (Å²) in [5.41, 5.74) is 0. The highest BCUT2D eigenvalue weighted by molar-refractivity contribution is 5.86. The third-order valence-electron chi connectivity index (χ3n) is 2.77. The maximum absolute atomic E-state index is 11.7. The van der Waals surface area contributed by atoms with Crippen LogP contribution in [0.4, 0.5) is 0 Å². The van der Waals surface area contributed by atoms with Gasteiger partial charge < -0.3 is 19.9 Å². The van der Waals surface area contributed by atoms with Crippen LogP contribution in [0, 0.1) is 5.92 Å². The average molecular weight is 229 g/mol. The van der Waals surface area contributed by atoms with Crippen LogP contribution in [0.1, 0.15) is 12.8 Å². The summed E-state index contributed by atoms with van der Waals surface area (Å²) in [5, 5.41) is 11.4. The van der Waals surface area contributed by atoms with Crippen molar-refractivity contribution in [1.29, 1.82) is 0 Å². The van der Waals surface area contributed by atoms with Crippen molar-refractivity contribution in [2.45, 2.75) is 25.0 Å². The van der Waals surface area contributed by atoms with Crippen molar-refractivity contribution in [3.63, 3.8) is 0 Å². The van der Waals surface area contributed by atoms with Crippen LogP contribution in [-0.2, 0) is 19.1 Å². The number of nitrogens with one attached hydrogen (secondary N) is 1. The zero-order valence-corrected chi connectivity index (χ0v) is 8.85. The normalized spacial score (nSPS) is 27.1. The second-order valence-electron chi connectivity index (χ2n) is 4.10. The van der Waals surface area contributed by atoms with Gasteiger partial charge in [0.15, 0.2) is 6.10 Å². The molecule has 2 fully saturated rings. The maximum Gasteiger partial charge on any atom is 0.326 e. The van der Waals surface area contributed by atoms with E-state index >= 15 is 0 Å². The van der Waals surface area contributed by atoms with E-state index < -0.39 is 18.1 Å². The lowest BCUT2D eigenvalue weighted by atomic mass is 10.2. The molecule has 16 heavy (non-hydrogen) atoms. The van der Waals surface area contributed by atoms with E-state index in [0.29, 0.717) is 13.2 Å². The first-order chi connectivity index (χ1) is 7.68. The molecule has 2 N–H and O–H groups in total. The molecule has 0 spiro atoms. The fraction of sp³-hybridized carbons (Fsp3) is 0.800. The first-order valence-electron chi connectivity index (χ1n) is 5.41. The number of ether oxygens (including phenoxy) is 2. The Kier molecular flexibility index (Phi) is 3.40. The van der Waals surface area contributed by atoms with E-state index in [-0.39, 0.29) is 18.4 Å². The van der Waals surface area contributed by atoms with E-state index in [9.17, 15) is 9.59 Å². The van der Waals surface area contributed by atoms with Crippen LogP contribution in [-0.4, -0.2) is 48.9 Å². The molecule has 1 saturated carbocycles. The second kappa shape index (κ2) is 4.80. The molecule has 1 amide bonds. The molecule has 0 bridgehead atoms. The summed E-state index contributed by atoms with van der Waals surface area (Å²) >= 11 is 0. The Bertz CT molecular complexity index is 283. The molecule has 0 aromatic rings. The molecule has 2 atom stereocenters. The van der Waals surface area contributed by atoms with E-state index in [4.69, 9.17) is 14.6 Å². The smallest absolute Gasteiger partial charge is 0.326 e. The first kappa shape index (κ1) is 11.3. The number of hydrogen-bond acceptors (Lipinski definition) is 4. The van der Waals surface area contributed by atoms with Gasteiger partial charge in [-0.15, -0.1) is 0 Å². The third kappa shape index (κ3) is 2.70. The highest BCUT2D eigenvalue weighted by atomic mass is 16.6. The van der Waals surface area contributed by atoms with E-state index in [0.717, 1.165) is 12.8 Å². The Labute approximate surface area is 92.9 Å². The van der Waals surface area contributed by atoms with E-state index in [1.54, 1.807) is 0 Å². The zero-order chi connectivity index (χ0) is 11.5. The van der Waals surface area contributed by atoms with Gasteiger partial charge >= 0.3 is 5.97 Å². The van der Waals surface area contributed by atoms with Gasteiger partial charge in [0.05, 0.1) is 19.8 Å². The van der Waals surface area contributed by atoms with E-state index in [1.807, 2.05) is 0 Å². The predicted molar refractivity (Wildman–Crippen MR) is 52.8 cm³/mol. The first-order valence-corrected chi connectivity index (χ1v) is 5.41. The number of aliphatic carboxylic acids is 1. The molecule has 0 radical (unpaired) electrons. The molecule has 2 aliphatic rings. The Morgan fingerprint density at radius 3 is 2.56 bits per heavy atom. The van der Waals surface area contributed by atoms with Gasteiger partial charge in [-0.05, 0) is 18.8 Å². The Morgan fingerprint density at radius 2 is 2.06 bits per heavy atom. The summed E-state index contributed by atoms with van der Waals surface area (Å²) in [7, 11) is 0. The van der Waals surface area contributed by atoms with Gasteiger partial charge in [0.25, 0.3) is 5.91 Å². The molecule has 2 rings (SSSR count). The SMILES string of the molecule is O=C(NC(C(=O)O)C1CC1)C1COCCO1. The van der Waals surface area contributed by atoms with Crippen LogP contribution in [0.3, 0.4) is 0 Å². The summed E-state index contributed by atoms with van der Waals surface area (Å²) < 4.78 is 10.3. The third-order valence-corrected chi connectivity index (χ3v) is 2.77. The summed E-state index contributed by atoms with van der Waals surface area (Å²) in [6.07, 6.45) is 1.05. The summed E-state index contributed by atoms with van der Waals surface area (Å²) in [6.45, 7) is 1.05. The van der Waals surface area contributed by atoms with Crippen molar-refractivity contribution < 1.29 is 24.2 Å². The quantitative estimate of drug-likeness (QED) is 0.671. The molecule has 1 aliphatic carbocycles. The Hall–Kier alpha value is -1.14. The Balaban J connectivity index is 1.86. The lowest BCUT2D eigenvalue weighted by Crippen LogP contribution is -2.50. The number of rotatable bonds is 4. The van der Waals surface area contributed by atoms with Crippen molar-refractivity contribution in [3.05, 3.63) is 0 Å². The van der Waals surface area contributed by atoms with Gasteiger partial charge in [0, 0.05) is 0 Å². The van der Waals surface area contributed by atoms with Crippen LogP contribution in [0.25, 0.3) is 0 Å². The number of carboxylic acids is 1. The lowest BCUT2D eigenvalue weighted by Gasteiger charge is -2.23. The van der Waals surface area contributed by atoms with Crippen molar-refractivity contribution in [3.8, 4) is 0 Å². The van der Waals surface area contributed by atoms with Crippen LogP contribution in [0.2, 0.25) is 0 Å². The monoisotopic (exact) mass is 229 g/mol. The largest absolute Gasteiger partial charge is 0.480 e. The zero-order valence-electron chi connectivity index (χ0n) is 8.85. The molecule has 6 heteroatoms. The molecule has 1 aliphatic heterocycles. The lowest BCUT2D eigenvalue weighted by molar-refractivity contribution is -0.152. The average Bonchev–Trinajstić information content (AvgIpc) is 3.10. The van der Waals surface area contributed by atoms with Crippen molar-refractivity contribution in [2.75, 3.05) is 19.8 Å². The number of carboxylic acid groups (broad SMARTS) is 1.